The first-order chi connectivity index (χ1) is 5.25. The van der Waals surface area contributed by atoms with Gasteiger partial charge >= 0.3 is 0 Å². The Kier molecular flexibility index (Phi) is 2.47. The Hall–Kier alpha value is -1.05. The van der Waals surface area contributed by atoms with Crippen molar-refractivity contribution in [3.8, 4) is 0 Å². The van der Waals surface area contributed by atoms with E-state index in [2.05, 4.69) is 30.9 Å². The van der Waals surface area contributed by atoms with Gasteiger partial charge in [0.15, 0.2) is 0 Å². The molecular formula is C9H14N2. The van der Waals surface area contributed by atoms with Gasteiger partial charge in [-0.1, -0.05) is 6.92 Å². The zero-order valence-electron chi connectivity index (χ0n) is 7.33. The van der Waals surface area contributed by atoms with Crippen LogP contribution in [-0.4, -0.2) is 19.1 Å². The summed E-state index contributed by atoms with van der Waals surface area (Å²) in [7, 11) is 4.10. The molecule has 2 nitrogen and oxygen atoms in total. The van der Waals surface area contributed by atoms with Gasteiger partial charge in [0.25, 0.3) is 0 Å². The van der Waals surface area contributed by atoms with Crippen LogP contribution in [0.25, 0.3) is 0 Å². The van der Waals surface area contributed by atoms with E-state index >= 15 is 0 Å². The molecular weight excluding hydrogens is 136 g/mol. The minimum absolute atomic E-state index is 1.04. The van der Waals surface area contributed by atoms with E-state index in [4.69, 9.17) is 0 Å². The van der Waals surface area contributed by atoms with Crippen LogP contribution in [0.1, 0.15) is 12.5 Å². The van der Waals surface area contributed by atoms with E-state index in [1.165, 1.54) is 11.3 Å². The molecule has 0 aliphatic carbocycles. The minimum atomic E-state index is 1.04. The number of hydrogen-bond donors (Lipinski definition) is 0. The average molecular weight is 150 g/mol. The van der Waals surface area contributed by atoms with Crippen LogP contribution >= 0.6 is 0 Å². The van der Waals surface area contributed by atoms with E-state index in [0.717, 1.165) is 6.42 Å². The molecule has 0 aliphatic heterocycles. The summed E-state index contributed by atoms with van der Waals surface area (Å²) in [6.45, 7) is 2.14. The third kappa shape index (κ3) is 1.70. The predicted octanol–water partition coefficient (Wildman–Crippen LogP) is 1.71. The maximum absolute atomic E-state index is 4.07. The summed E-state index contributed by atoms with van der Waals surface area (Å²) >= 11 is 0. The largest absolute Gasteiger partial charge is 0.377 e. The molecule has 60 valence electrons. The lowest BCUT2D eigenvalue weighted by Gasteiger charge is -2.15. The summed E-state index contributed by atoms with van der Waals surface area (Å²) < 4.78 is 0. The van der Waals surface area contributed by atoms with Crippen LogP contribution in [0.2, 0.25) is 0 Å². The van der Waals surface area contributed by atoms with Crippen molar-refractivity contribution in [3.05, 3.63) is 24.0 Å². The smallest absolute Gasteiger partial charge is 0.0424 e. The van der Waals surface area contributed by atoms with Gasteiger partial charge in [-0.15, -0.1) is 0 Å². The second-order valence-electron chi connectivity index (χ2n) is 2.75. The number of rotatable bonds is 2. The van der Waals surface area contributed by atoms with Gasteiger partial charge in [0.1, 0.15) is 0 Å². The summed E-state index contributed by atoms with van der Waals surface area (Å²) in [5, 5.41) is 0. The van der Waals surface area contributed by atoms with Crippen LogP contribution in [0.3, 0.4) is 0 Å². The maximum atomic E-state index is 4.07. The second kappa shape index (κ2) is 3.37. The summed E-state index contributed by atoms with van der Waals surface area (Å²) in [4.78, 5) is 6.18. The number of pyridine rings is 1. The summed E-state index contributed by atoms with van der Waals surface area (Å²) in [6, 6.07) is 2.04. The van der Waals surface area contributed by atoms with E-state index < -0.39 is 0 Å². The fourth-order valence-corrected chi connectivity index (χ4v) is 1.13. The highest BCUT2D eigenvalue weighted by atomic mass is 15.1. The average Bonchev–Trinajstić information content (AvgIpc) is 2.04. The van der Waals surface area contributed by atoms with Crippen molar-refractivity contribution in [3.63, 3.8) is 0 Å². The monoisotopic (exact) mass is 150 g/mol. The number of hydrogen-bond acceptors (Lipinski definition) is 2. The van der Waals surface area contributed by atoms with Gasteiger partial charge in [-0.05, 0) is 18.1 Å². The molecule has 1 rings (SSSR count). The van der Waals surface area contributed by atoms with Crippen molar-refractivity contribution < 1.29 is 0 Å². The van der Waals surface area contributed by atoms with Crippen molar-refractivity contribution in [2.45, 2.75) is 13.3 Å². The van der Waals surface area contributed by atoms with Crippen LogP contribution in [-0.2, 0) is 6.42 Å². The minimum Gasteiger partial charge on any atom is -0.377 e. The second-order valence-corrected chi connectivity index (χ2v) is 2.75. The fraction of sp³-hybridized carbons (Fsp3) is 0.444. The molecule has 1 heterocycles. The lowest BCUT2D eigenvalue weighted by Crippen LogP contribution is -2.10. The van der Waals surface area contributed by atoms with E-state index in [-0.39, 0.29) is 0 Å². The van der Waals surface area contributed by atoms with Crippen LogP contribution in [0.5, 0.6) is 0 Å². The molecule has 0 aliphatic rings. The summed E-state index contributed by atoms with van der Waals surface area (Å²) in [6.07, 6.45) is 4.80. The highest BCUT2D eigenvalue weighted by molar-refractivity contribution is 5.50. The number of aromatic nitrogens is 1. The maximum Gasteiger partial charge on any atom is 0.0424 e. The molecule has 0 N–H and O–H groups in total. The highest BCUT2D eigenvalue weighted by Crippen LogP contribution is 2.16. The summed E-state index contributed by atoms with van der Waals surface area (Å²) in [5.74, 6) is 0. The van der Waals surface area contributed by atoms with E-state index in [1.807, 2.05) is 18.5 Å². The van der Waals surface area contributed by atoms with Crippen molar-refractivity contribution >= 4 is 5.69 Å². The lowest BCUT2D eigenvalue weighted by atomic mass is 10.2. The Labute approximate surface area is 67.9 Å². The van der Waals surface area contributed by atoms with Crippen LogP contribution < -0.4 is 4.90 Å². The molecule has 0 radical (unpaired) electrons. The number of nitrogens with zero attached hydrogens (tertiary/aromatic N) is 2. The Morgan fingerprint density at radius 3 is 2.64 bits per heavy atom. The van der Waals surface area contributed by atoms with Gasteiger partial charge in [-0.2, -0.15) is 0 Å². The van der Waals surface area contributed by atoms with Gasteiger partial charge in [0.05, 0.1) is 0 Å². The van der Waals surface area contributed by atoms with Gasteiger partial charge < -0.3 is 4.90 Å². The van der Waals surface area contributed by atoms with Gasteiger partial charge in [0, 0.05) is 32.2 Å². The Bertz CT molecular complexity index is 231. The van der Waals surface area contributed by atoms with Gasteiger partial charge in [-0.25, -0.2) is 0 Å². The first-order valence-electron chi connectivity index (χ1n) is 3.86. The molecule has 0 saturated heterocycles. The Morgan fingerprint density at radius 1 is 1.45 bits per heavy atom. The summed E-state index contributed by atoms with van der Waals surface area (Å²) in [5.41, 5.74) is 2.57. The molecule has 1 aromatic rings. The first-order valence-corrected chi connectivity index (χ1v) is 3.86. The highest BCUT2D eigenvalue weighted by Gasteiger charge is 1.99. The molecule has 0 fully saturated rings. The molecule has 0 bridgehead atoms. The zero-order chi connectivity index (χ0) is 8.27. The van der Waals surface area contributed by atoms with Crippen molar-refractivity contribution in [1.29, 1.82) is 0 Å². The predicted molar refractivity (Wildman–Crippen MR) is 47.9 cm³/mol. The number of anilines is 1. The molecule has 0 saturated carbocycles. The molecule has 0 aromatic carbocycles. The Morgan fingerprint density at radius 2 is 2.18 bits per heavy atom. The fourth-order valence-electron chi connectivity index (χ4n) is 1.13. The van der Waals surface area contributed by atoms with Gasteiger partial charge in [-0.3, -0.25) is 4.98 Å². The Balaban J connectivity index is 3.02. The molecule has 0 unspecified atom stereocenters. The lowest BCUT2D eigenvalue weighted by molar-refractivity contribution is 1.04. The van der Waals surface area contributed by atoms with Gasteiger partial charge in [0.2, 0.25) is 0 Å². The molecule has 2 heteroatoms. The van der Waals surface area contributed by atoms with Crippen LogP contribution in [0.15, 0.2) is 18.5 Å². The molecule has 0 spiro atoms. The van der Waals surface area contributed by atoms with Crippen molar-refractivity contribution in [1.82, 2.24) is 4.98 Å². The normalized spacial score (nSPS) is 9.73. The van der Waals surface area contributed by atoms with E-state index in [0.29, 0.717) is 0 Å². The molecule has 1 aromatic heterocycles. The quantitative estimate of drug-likeness (QED) is 0.638. The van der Waals surface area contributed by atoms with Crippen molar-refractivity contribution in [2.75, 3.05) is 19.0 Å². The topological polar surface area (TPSA) is 16.1 Å². The first kappa shape index (κ1) is 8.05. The standard InChI is InChI=1S/C9H14N2/c1-4-8-7-10-6-5-9(8)11(2)3/h5-7H,4H2,1-3H3. The molecule has 11 heavy (non-hydrogen) atoms. The molecule has 0 amide bonds. The zero-order valence-corrected chi connectivity index (χ0v) is 7.33. The van der Waals surface area contributed by atoms with E-state index in [9.17, 15) is 0 Å². The third-order valence-corrected chi connectivity index (χ3v) is 1.74. The SMILES string of the molecule is CCc1cnccc1N(C)C. The van der Waals surface area contributed by atoms with Crippen LogP contribution in [0, 0.1) is 0 Å². The molecule has 0 atom stereocenters. The van der Waals surface area contributed by atoms with E-state index in [1.54, 1.807) is 0 Å². The third-order valence-electron chi connectivity index (χ3n) is 1.74. The number of aryl methyl sites for hydroxylation is 1. The van der Waals surface area contributed by atoms with Crippen molar-refractivity contribution in [2.24, 2.45) is 0 Å². The van der Waals surface area contributed by atoms with Crippen LogP contribution in [0.4, 0.5) is 5.69 Å².